The van der Waals surface area contributed by atoms with Gasteiger partial charge in [0.1, 0.15) is 0 Å². The Morgan fingerprint density at radius 1 is 1.25 bits per heavy atom. The summed E-state index contributed by atoms with van der Waals surface area (Å²) in [7, 11) is 0. The number of alkyl halides is 1. The highest BCUT2D eigenvalue weighted by molar-refractivity contribution is 6.17. The number of aliphatic hydroxyl groups excluding tert-OH is 1. The van der Waals surface area contributed by atoms with Gasteiger partial charge in [0.25, 0.3) is 0 Å². The Labute approximate surface area is 78.4 Å². The summed E-state index contributed by atoms with van der Waals surface area (Å²) in [4.78, 5) is 0. The van der Waals surface area contributed by atoms with Crippen LogP contribution >= 0.6 is 11.6 Å². The van der Waals surface area contributed by atoms with E-state index < -0.39 is 0 Å². The fourth-order valence-corrected chi connectivity index (χ4v) is 3.10. The third kappa shape index (κ3) is 1.20. The summed E-state index contributed by atoms with van der Waals surface area (Å²) in [5, 5.41) is 9.21. The molecule has 68 valence electrons. The minimum atomic E-state index is 0.340. The van der Waals surface area contributed by atoms with E-state index in [1.54, 1.807) is 0 Å². The molecule has 0 aromatic heterocycles. The monoisotopic (exact) mass is 186 g/mol. The van der Waals surface area contributed by atoms with E-state index in [-0.39, 0.29) is 0 Å². The van der Waals surface area contributed by atoms with Crippen LogP contribution in [0.4, 0.5) is 0 Å². The van der Waals surface area contributed by atoms with E-state index in [1.807, 2.05) is 0 Å². The van der Waals surface area contributed by atoms with Crippen molar-refractivity contribution in [2.75, 3.05) is 12.5 Å². The fourth-order valence-electron chi connectivity index (χ4n) is 2.85. The zero-order valence-corrected chi connectivity index (χ0v) is 7.87. The van der Waals surface area contributed by atoms with Gasteiger partial charge in [-0.05, 0) is 36.5 Å². The zero-order valence-electron chi connectivity index (χ0n) is 7.12. The van der Waals surface area contributed by atoms with Gasteiger partial charge in [0.05, 0.1) is 0 Å². The lowest BCUT2D eigenvalue weighted by Gasteiger charge is -2.25. The van der Waals surface area contributed by atoms with Crippen LogP contribution in [0.1, 0.15) is 12.8 Å². The molecule has 1 fully saturated rings. The van der Waals surface area contributed by atoms with Crippen LogP contribution in [0, 0.1) is 23.7 Å². The number of aliphatic hydroxyl groups is 1. The van der Waals surface area contributed by atoms with E-state index in [0.717, 1.165) is 12.3 Å². The van der Waals surface area contributed by atoms with Gasteiger partial charge in [-0.3, -0.25) is 0 Å². The molecule has 1 saturated carbocycles. The molecule has 2 bridgehead atoms. The predicted octanol–water partition coefficient (Wildman–Crippen LogP) is 2.05. The first kappa shape index (κ1) is 8.58. The summed E-state index contributed by atoms with van der Waals surface area (Å²) >= 11 is 5.74. The largest absolute Gasteiger partial charge is 0.396 e. The van der Waals surface area contributed by atoms with E-state index >= 15 is 0 Å². The van der Waals surface area contributed by atoms with Crippen LogP contribution in [0.2, 0.25) is 0 Å². The summed E-state index contributed by atoms with van der Waals surface area (Å²) in [5.41, 5.74) is 0. The van der Waals surface area contributed by atoms with E-state index in [4.69, 9.17) is 11.6 Å². The molecule has 0 spiro atoms. The van der Waals surface area contributed by atoms with Gasteiger partial charge in [-0.15, -0.1) is 11.6 Å². The van der Waals surface area contributed by atoms with E-state index in [1.165, 1.54) is 6.42 Å². The summed E-state index contributed by atoms with van der Waals surface area (Å²) < 4.78 is 0. The van der Waals surface area contributed by atoms with Gasteiger partial charge in [-0.1, -0.05) is 12.2 Å². The normalized spacial score (nSPS) is 44.2. The van der Waals surface area contributed by atoms with Gasteiger partial charge >= 0.3 is 0 Å². The van der Waals surface area contributed by atoms with Crippen LogP contribution in [0.15, 0.2) is 12.2 Å². The molecule has 2 rings (SSSR count). The second-order valence-corrected chi connectivity index (χ2v) is 4.31. The van der Waals surface area contributed by atoms with Crippen molar-refractivity contribution in [3.8, 4) is 0 Å². The molecule has 2 aliphatic carbocycles. The second kappa shape index (κ2) is 3.39. The number of rotatable bonds is 3. The molecule has 0 radical (unpaired) electrons. The zero-order chi connectivity index (χ0) is 8.55. The van der Waals surface area contributed by atoms with Gasteiger partial charge in [-0.2, -0.15) is 0 Å². The molecule has 4 atom stereocenters. The van der Waals surface area contributed by atoms with Gasteiger partial charge < -0.3 is 5.11 Å². The molecule has 0 saturated heterocycles. The lowest BCUT2D eigenvalue weighted by Crippen LogP contribution is -2.23. The molecule has 0 amide bonds. The maximum absolute atomic E-state index is 9.21. The Morgan fingerprint density at radius 2 is 1.92 bits per heavy atom. The molecule has 0 heterocycles. The van der Waals surface area contributed by atoms with Crippen LogP contribution in [0.5, 0.6) is 0 Å². The van der Waals surface area contributed by atoms with Gasteiger partial charge in [0.15, 0.2) is 0 Å². The SMILES string of the molecule is OCC1C2C=CC(C2)C1CCCl. The minimum Gasteiger partial charge on any atom is -0.396 e. The van der Waals surface area contributed by atoms with Crippen molar-refractivity contribution >= 4 is 11.6 Å². The lowest BCUT2D eigenvalue weighted by atomic mass is 9.82. The molecule has 0 aromatic carbocycles. The third-order valence-electron chi connectivity index (χ3n) is 3.45. The van der Waals surface area contributed by atoms with E-state index in [2.05, 4.69) is 12.2 Å². The van der Waals surface area contributed by atoms with Gasteiger partial charge in [-0.25, -0.2) is 0 Å². The third-order valence-corrected chi connectivity index (χ3v) is 3.67. The van der Waals surface area contributed by atoms with Crippen molar-refractivity contribution in [1.29, 1.82) is 0 Å². The Bertz CT molecular complexity index is 190. The Hall–Kier alpha value is -0.0100. The van der Waals surface area contributed by atoms with Gasteiger partial charge in [0, 0.05) is 12.5 Å². The quantitative estimate of drug-likeness (QED) is 0.529. The van der Waals surface area contributed by atoms with Crippen molar-refractivity contribution in [2.45, 2.75) is 12.8 Å². The summed E-state index contributed by atoms with van der Waals surface area (Å²) in [6.07, 6.45) is 6.91. The number of allylic oxidation sites excluding steroid dienone is 2. The number of fused-ring (bicyclic) bond motifs is 2. The van der Waals surface area contributed by atoms with E-state index in [0.29, 0.717) is 30.3 Å². The van der Waals surface area contributed by atoms with Crippen LogP contribution in [-0.4, -0.2) is 17.6 Å². The molecular weight excluding hydrogens is 172 g/mol. The van der Waals surface area contributed by atoms with Crippen molar-refractivity contribution in [1.82, 2.24) is 0 Å². The first-order chi connectivity index (χ1) is 5.86. The average molecular weight is 187 g/mol. The number of halogens is 1. The Kier molecular flexibility index (Phi) is 2.42. The number of hydrogen-bond donors (Lipinski definition) is 1. The first-order valence-electron chi connectivity index (χ1n) is 4.72. The predicted molar refractivity (Wildman–Crippen MR) is 50.1 cm³/mol. The molecule has 12 heavy (non-hydrogen) atoms. The molecule has 0 aliphatic heterocycles. The maximum atomic E-state index is 9.21. The maximum Gasteiger partial charge on any atom is 0.0467 e. The Balaban J connectivity index is 2.07. The molecule has 1 N–H and O–H groups in total. The lowest BCUT2D eigenvalue weighted by molar-refractivity contribution is 0.162. The van der Waals surface area contributed by atoms with Crippen molar-refractivity contribution in [2.24, 2.45) is 23.7 Å². The molecule has 2 aliphatic rings. The van der Waals surface area contributed by atoms with Gasteiger partial charge in [0.2, 0.25) is 0 Å². The van der Waals surface area contributed by atoms with Crippen LogP contribution in [-0.2, 0) is 0 Å². The van der Waals surface area contributed by atoms with Crippen LogP contribution in [0.25, 0.3) is 0 Å². The summed E-state index contributed by atoms with van der Waals surface area (Å²) in [5.74, 6) is 3.25. The van der Waals surface area contributed by atoms with Crippen molar-refractivity contribution < 1.29 is 5.11 Å². The second-order valence-electron chi connectivity index (χ2n) is 3.94. The molecule has 1 nitrogen and oxygen atoms in total. The highest BCUT2D eigenvalue weighted by atomic mass is 35.5. The van der Waals surface area contributed by atoms with Crippen LogP contribution in [0.3, 0.4) is 0 Å². The Morgan fingerprint density at radius 3 is 2.50 bits per heavy atom. The van der Waals surface area contributed by atoms with Crippen LogP contribution < -0.4 is 0 Å². The highest BCUT2D eigenvalue weighted by Gasteiger charge is 2.43. The fraction of sp³-hybridized carbons (Fsp3) is 0.800. The smallest absolute Gasteiger partial charge is 0.0467 e. The topological polar surface area (TPSA) is 20.2 Å². The van der Waals surface area contributed by atoms with E-state index in [9.17, 15) is 5.11 Å². The highest BCUT2D eigenvalue weighted by Crippen LogP contribution is 2.49. The molecule has 4 unspecified atom stereocenters. The summed E-state index contributed by atoms with van der Waals surface area (Å²) in [6, 6.07) is 0. The molecule has 0 aromatic rings. The summed E-state index contributed by atoms with van der Waals surface area (Å²) in [6.45, 7) is 0.340. The number of hydrogen-bond acceptors (Lipinski definition) is 1. The molecular formula is C10H15ClO. The standard InChI is InChI=1S/C10H15ClO/c11-4-3-9-7-1-2-8(5-7)10(9)6-12/h1-2,7-10,12H,3-6H2. The molecule has 2 heteroatoms. The van der Waals surface area contributed by atoms with Crippen molar-refractivity contribution in [3.63, 3.8) is 0 Å². The van der Waals surface area contributed by atoms with Crippen molar-refractivity contribution in [3.05, 3.63) is 12.2 Å². The minimum absolute atomic E-state index is 0.340. The first-order valence-corrected chi connectivity index (χ1v) is 5.25. The average Bonchev–Trinajstić information content (AvgIpc) is 2.64.